The molecule has 2 aliphatic rings. The average molecular weight is 283 g/mol. The lowest BCUT2D eigenvalue weighted by Gasteiger charge is -2.32. The van der Waals surface area contributed by atoms with E-state index in [1.54, 1.807) is 0 Å². The van der Waals surface area contributed by atoms with E-state index in [1.165, 1.54) is 4.90 Å². The fourth-order valence-corrected chi connectivity index (χ4v) is 2.69. The molecule has 2 amide bonds. The van der Waals surface area contributed by atoms with Gasteiger partial charge < -0.3 is 0 Å². The lowest BCUT2D eigenvalue weighted by Crippen LogP contribution is -2.52. The zero-order valence-electron chi connectivity index (χ0n) is 11.7. The molecule has 1 aromatic carbocycles. The summed E-state index contributed by atoms with van der Waals surface area (Å²) in [6, 6.07) is 11.9. The summed E-state index contributed by atoms with van der Waals surface area (Å²) in [7, 11) is 0. The van der Waals surface area contributed by atoms with Crippen LogP contribution < -0.4 is 5.32 Å². The van der Waals surface area contributed by atoms with Gasteiger partial charge in [-0.2, -0.15) is 5.26 Å². The molecule has 0 aromatic heterocycles. The number of nitriles is 1. The van der Waals surface area contributed by atoms with E-state index in [1.807, 2.05) is 30.3 Å². The normalized spacial score (nSPS) is 21.2. The number of hydrogen-bond acceptors (Lipinski definition) is 4. The smallest absolute Gasteiger partial charge is 0.229 e. The molecule has 5 nitrogen and oxygen atoms in total. The van der Waals surface area contributed by atoms with Crippen molar-refractivity contribution in [2.24, 2.45) is 0 Å². The maximum Gasteiger partial charge on any atom is 0.229 e. The molecule has 1 saturated heterocycles. The van der Waals surface area contributed by atoms with Gasteiger partial charge in [0.1, 0.15) is 0 Å². The van der Waals surface area contributed by atoms with Crippen molar-refractivity contribution in [2.75, 3.05) is 6.54 Å². The van der Waals surface area contributed by atoms with Gasteiger partial charge in [0.15, 0.2) is 5.54 Å². The fourth-order valence-electron chi connectivity index (χ4n) is 2.69. The molecular weight excluding hydrogens is 266 g/mol. The average Bonchev–Trinajstić information content (AvgIpc) is 3.28. The molecular formula is C16H17N3O2. The van der Waals surface area contributed by atoms with Gasteiger partial charge in [0.25, 0.3) is 0 Å². The highest BCUT2D eigenvalue weighted by Gasteiger charge is 2.43. The molecule has 2 fully saturated rings. The molecule has 1 aliphatic carbocycles. The first-order chi connectivity index (χ1) is 10.1. The van der Waals surface area contributed by atoms with Crippen molar-refractivity contribution in [1.29, 1.82) is 5.26 Å². The summed E-state index contributed by atoms with van der Waals surface area (Å²) in [5.41, 5.74) is -0.218. The lowest BCUT2D eigenvalue weighted by molar-refractivity contribution is -0.139. The van der Waals surface area contributed by atoms with E-state index in [9.17, 15) is 14.9 Å². The van der Waals surface area contributed by atoms with Gasteiger partial charge in [0.05, 0.1) is 12.6 Å². The minimum Gasteiger partial charge on any atom is -0.291 e. The van der Waals surface area contributed by atoms with E-state index in [-0.39, 0.29) is 37.2 Å². The van der Waals surface area contributed by atoms with Crippen molar-refractivity contribution in [2.45, 2.75) is 37.3 Å². The van der Waals surface area contributed by atoms with Crippen LogP contribution in [0.25, 0.3) is 0 Å². The summed E-state index contributed by atoms with van der Waals surface area (Å²) in [5.74, 6) is -0.374. The molecule has 1 atom stereocenters. The SMILES string of the molecule is N#CC(CN1C(=O)CCC1=O)(NC1CC1)c1ccccc1. The van der Waals surface area contributed by atoms with Crippen LogP contribution >= 0.6 is 0 Å². The van der Waals surface area contributed by atoms with Crippen LogP contribution in [0, 0.1) is 11.3 Å². The molecule has 0 bridgehead atoms. The van der Waals surface area contributed by atoms with E-state index in [4.69, 9.17) is 0 Å². The number of hydrogen-bond donors (Lipinski definition) is 1. The van der Waals surface area contributed by atoms with Gasteiger partial charge in [-0.1, -0.05) is 30.3 Å². The topological polar surface area (TPSA) is 73.2 Å². The zero-order valence-corrected chi connectivity index (χ0v) is 11.7. The molecule has 21 heavy (non-hydrogen) atoms. The minimum atomic E-state index is -1.02. The summed E-state index contributed by atoms with van der Waals surface area (Å²) in [5, 5.41) is 13.1. The number of carbonyl (C=O) groups is 2. The molecule has 1 unspecified atom stereocenters. The minimum absolute atomic E-state index is 0.0850. The van der Waals surface area contributed by atoms with Gasteiger partial charge in [0, 0.05) is 18.9 Å². The summed E-state index contributed by atoms with van der Waals surface area (Å²) >= 11 is 0. The Bertz CT molecular complexity index is 588. The van der Waals surface area contributed by atoms with E-state index in [2.05, 4.69) is 11.4 Å². The van der Waals surface area contributed by atoms with Crippen molar-refractivity contribution in [3.8, 4) is 6.07 Å². The van der Waals surface area contributed by atoms with Gasteiger partial charge in [0.2, 0.25) is 11.8 Å². The van der Waals surface area contributed by atoms with E-state index < -0.39 is 5.54 Å². The molecule has 5 heteroatoms. The van der Waals surface area contributed by atoms with Crippen molar-refractivity contribution in [3.05, 3.63) is 35.9 Å². The highest BCUT2D eigenvalue weighted by atomic mass is 16.2. The van der Waals surface area contributed by atoms with Crippen molar-refractivity contribution in [3.63, 3.8) is 0 Å². The Morgan fingerprint density at radius 1 is 1.19 bits per heavy atom. The summed E-state index contributed by atoms with van der Waals surface area (Å²) in [6.07, 6.45) is 2.55. The monoisotopic (exact) mass is 283 g/mol. The van der Waals surface area contributed by atoms with Crippen LogP contribution in [0.1, 0.15) is 31.2 Å². The van der Waals surface area contributed by atoms with Gasteiger partial charge in [-0.3, -0.25) is 19.8 Å². The molecule has 108 valence electrons. The first-order valence-electron chi connectivity index (χ1n) is 7.22. The zero-order chi connectivity index (χ0) is 14.9. The fraction of sp³-hybridized carbons (Fsp3) is 0.438. The van der Waals surface area contributed by atoms with E-state index >= 15 is 0 Å². The van der Waals surface area contributed by atoms with Crippen LogP contribution in [0.5, 0.6) is 0 Å². The first-order valence-corrected chi connectivity index (χ1v) is 7.22. The Morgan fingerprint density at radius 2 is 1.81 bits per heavy atom. The summed E-state index contributed by atoms with van der Waals surface area (Å²) in [4.78, 5) is 25.0. The Morgan fingerprint density at radius 3 is 2.33 bits per heavy atom. The predicted octanol–water partition coefficient (Wildman–Crippen LogP) is 1.31. The number of imide groups is 1. The van der Waals surface area contributed by atoms with Crippen molar-refractivity contribution < 1.29 is 9.59 Å². The highest BCUT2D eigenvalue weighted by molar-refractivity contribution is 6.02. The van der Waals surface area contributed by atoms with Gasteiger partial charge >= 0.3 is 0 Å². The molecule has 1 saturated carbocycles. The van der Waals surface area contributed by atoms with Crippen LogP contribution in [0.4, 0.5) is 0 Å². The van der Waals surface area contributed by atoms with Crippen LogP contribution in [0.15, 0.2) is 30.3 Å². The molecule has 1 aromatic rings. The molecule has 1 N–H and O–H groups in total. The van der Waals surface area contributed by atoms with Crippen LogP contribution in [0.3, 0.4) is 0 Å². The van der Waals surface area contributed by atoms with E-state index in [0.29, 0.717) is 0 Å². The van der Waals surface area contributed by atoms with Gasteiger partial charge in [-0.25, -0.2) is 0 Å². The number of nitrogens with one attached hydrogen (secondary N) is 1. The van der Waals surface area contributed by atoms with Crippen molar-refractivity contribution >= 4 is 11.8 Å². The summed E-state index contributed by atoms with van der Waals surface area (Å²) in [6.45, 7) is 0.0850. The van der Waals surface area contributed by atoms with E-state index in [0.717, 1.165) is 18.4 Å². The predicted molar refractivity (Wildman–Crippen MR) is 75.8 cm³/mol. The third-order valence-corrected chi connectivity index (χ3v) is 4.04. The number of amides is 2. The first kappa shape index (κ1) is 13.8. The third kappa shape index (κ3) is 2.67. The van der Waals surface area contributed by atoms with Crippen LogP contribution in [-0.4, -0.2) is 29.3 Å². The molecule has 1 aliphatic heterocycles. The van der Waals surface area contributed by atoms with Gasteiger partial charge in [-0.05, 0) is 18.4 Å². The number of likely N-dealkylation sites (tertiary alicyclic amines) is 1. The number of nitrogens with zero attached hydrogens (tertiary/aromatic N) is 2. The van der Waals surface area contributed by atoms with Crippen molar-refractivity contribution in [1.82, 2.24) is 10.2 Å². The summed E-state index contributed by atoms with van der Waals surface area (Å²) < 4.78 is 0. The number of carbonyl (C=O) groups excluding carboxylic acids is 2. The second-order valence-electron chi connectivity index (χ2n) is 5.68. The lowest BCUT2D eigenvalue weighted by atomic mass is 9.90. The largest absolute Gasteiger partial charge is 0.291 e. The second kappa shape index (κ2) is 5.30. The maximum absolute atomic E-state index is 11.9. The van der Waals surface area contributed by atoms with Crippen LogP contribution in [0.2, 0.25) is 0 Å². The quantitative estimate of drug-likeness (QED) is 0.827. The Labute approximate surface area is 123 Å². The molecule has 0 radical (unpaired) electrons. The standard InChI is InChI=1S/C16H17N3O2/c17-10-16(18-13-6-7-13,12-4-2-1-3-5-12)11-19-14(20)8-9-15(19)21/h1-5,13,18H,6-9,11H2. The maximum atomic E-state index is 11.9. The second-order valence-corrected chi connectivity index (χ2v) is 5.68. The Kier molecular flexibility index (Phi) is 3.48. The number of benzene rings is 1. The van der Waals surface area contributed by atoms with Gasteiger partial charge in [-0.15, -0.1) is 0 Å². The van der Waals surface area contributed by atoms with Crippen LogP contribution in [-0.2, 0) is 15.1 Å². The Balaban J connectivity index is 1.93. The highest BCUT2D eigenvalue weighted by Crippen LogP contribution is 2.30. The molecule has 0 spiro atoms. The third-order valence-electron chi connectivity index (χ3n) is 4.04. The Hall–Kier alpha value is -2.19. The molecule has 3 rings (SSSR count). The number of rotatable bonds is 5. The molecule has 1 heterocycles.